The van der Waals surface area contributed by atoms with E-state index >= 15 is 0 Å². The molecule has 0 atom stereocenters. The number of nitrogens with zero attached hydrogens (tertiary/aromatic N) is 3. The van der Waals surface area contributed by atoms with Crippen LogP contribution in [0.15, 0.2) is 30.6 Å². The minimum atomic E-state index is -0.774. The fraction of sp³-hybridized carbons (Fsp3) is 0.231. The van der Waals surface area contributed by atoms with Crippen LogP contribution < -0.4 is 9.64 Å². The van der Waals surface area contributed by atoms with Crippen molar-refractivity contribution >= 4 is 5.82 Å². The van der Waals surface area contributed by atoms with Gasteiger partial charge in [-0.3, -0.25) is 0 Å². The summed E-state index contributed by atoms with van der Waals surface area (Å²) >= 11 is 0. The molecular formula is C13H13F2N3O. The first kappa shape index (κ1) is 13.2. The monoisotopic (exact) mass is 265 g/mol. The molecule has 0 saturated heterocycles. The van der Waals surface area contributed by atoms with Gasteiger partial charge in [0.1, 0.15) is 18.0 Å². The van der Waals surface area contributed by atoms with Crippen molar-refractivity contribution in [3.8, 4) is 11.6 Å². The molecule has 1 heterocycles. The number of halogens is 2. The molecule has 0 aliphatic rings. The van der Waals surface area contributed by atoms with Crippen LogP contribution in [0.5, 0.6) is 11.6 Å². The van der Waals surface area contributed by atoms with Gasteiger partial charge in [-0.2, -0.15) is 0 Å². The molecule has 1 aromatic heterocycles. The predicted molar refractivity (Wildman–Crippen MR) is 67.4 cm³/mol. The normalized spacial score (nSPS) is 10.3. The van der Waals surface area contributed by atoms with Crippen LogP contribution in [0, 0.1) is 11.6 Å². The highest BCUT2D eigenvalue weighted by atomic mass is 19.1. The van der Waals surface area contributed by atoms with Gasteiger partial charge in [0.25, 0.3) is 0 Å². The summed E-state index contributed by atoms with van der Waals surface area (Å²) in [7, 11) is 1.87. The lowest BCUT2D eigenvalue weighted by molar-refractivity contribution is 0.423. The van der Waals surface area contributed by atoms with Crippen molar-refractivity contribution in [1.82, 2.24) is 9.97 Å². The van der Waals surface area contributed by atoms with E-state index in [-0.39, 0.29) is 11.6 Å². The summed E-state index contributed by atoms with van der Waals surface area (Å²) in [6.07, 6.45) is 1.33. The van der Waals surface area contributed by atoms with Crippen LogP contribution in [0.25, 0.3) is 0 Å². The van der Waals surface area contributed by atoms with Crippen molar-refractivity contribution in [3.05, 3.63) is 42.2 Å². The molecule has 2 aromatic rings. The average molecular weight is 265 g/mol. The van der Waals surface area contributed by atoms with Crippen LogP contribution in [-0.2, 0) is 0 Å². The molecule has 0 unspecified atom stereocenters. The topological polar surface area (TPSA) is 38.2 Å². The molecule has 4 nitrogen and oxygen atoms in total. The Morgan fingerprint density at radius 2 is 2.00 bits per heavy atom. The molecule has 0 N–H and O–H groups in total. The van der Waals surface area contributed by atoms with Gasteiger partial charge in [-0.05, 0) is 19.1 Å². The smallest absolute Gasteiger partial charge is 0.224 e. The van der Waals surface area contributed by atoms with Crippen LogP contribution in [-0.4, -0.2) is 23.6 Å². The molecule has 0 bridgehead atoms. The zero-order chi connectivity index (χ0) is 13.8. The summed E-state index contributed by atoms with van der Waals surface area (Å²) in [5.41, 5.74) is 0. The molecule has 6 heteroatoms. The van der Waals surface area contributed by atoms with Crippen molar-refractivity contribution in [2.45, 2.75) is 6.92 Å². The third-order valence-corrected chi connectivity index (χ3v) is 2.60. The molecule has 0 saturated carbocycles. The van der Waals surface area contributed by atoms with Gasteiger partial charge in [-0.25, -0.2) is 18.7 Å². The second-order valence-electron chi connectivity index (χ2n) is 3.91. The Morgan fingerprint density at radius 3 is 2.68 bits per heavy atom. The predicted octanol–water partition coefficient (Wildman–Crippen LogP) is 3.00. The van der Waals surface area contributed by atoms with E-state index in [1.54, 1.807) is 6.07 Å². The molecule has 0 radical (unpaired) electrons. The first-order valence-electron chi connectivity index (χ1n) is 5.76. The lowest BCUT2D eigenvalue weighted by Gasteiger charge is -2.15. The number of hydrogen-bond acceptors (Lipinski definition) is 4. The van der Waals surface area contributed by atoms with Gasteiger partial charge in [0.15, 0.2) is 11.6 Å². The van der Waals surface area contributed by atoms with Gasteiger partial charge in [0.05, 0.1) is 0 Å². The molecule has 19 heavy (non-hydrogen) atoms. The Morgan fingerprint density at radius 1 is 1.21 bits per heavy atom. The van der Waals surface area contributed by atoms with Crippen LogP contribution in [0.3, 0.4) is 0 Å². The van der Waals surface area contributed by atoms with Crippen LogP contribution in [0.4, 0.5) is 14.6 Å². The van der Waals surface area contributed by atoms with E-state index in [4.69, 9.17) is 4.74 Å². The molecule has 100 valence electrons. The number of hydrogen-bond donors (Lipinski definition) is 0. The number of ether oxygens (including phenoxy) is 1. The maximum absolute atomic E-state index is 13.4. The third-order valence-electron chi connectivity index (χ3n) is 2.60. The molecular weight excluding hydrogens is 252 g/mol. The minimum Gasteiger partial charge on any atom is -0.436 e. The Kier molecular flexibility index (Phi) is 3.89. The maximum Gasteiger partial charge on any atom is 0.224 e. The lowest BCUT2D eigenvalue weighted by Crippen LogP contribution is -2.17. The first-order chi connectivity index (χ1) is 9.10. The van der Waals surface area contributed by atoms with E-state index in [2.05, 4.69) is 9.97 Å². The van der Waals surface area contributed by atoms with Gasteiger partial charge >= 0.3 is 0 Å². The van der Waals surface area contributed by atoms with Gasteiger partial charge in [-0.15, -0.1) is 0 Å². The first-order valence-corrected chi connectivity index (χ1v) is 5.76. The van der Waals surface area contributed by atoms with Crippen molar-refractivity contribution in [2.24, 2.45) is 0 Å². The average Bonchev–Trinajstić information content (AvgIpc) is 2.41. The van der Waals surface area contributed by atoms with Crippen molar-refractivity contribution in [2.75, 3.05) is 18.5 Å². The number of aromatic nitrogens is 2. The highest BCUT2D eigenvalue weighted by molar-refractivity contribution is 5.41. The Bertz CT molecular complexity index is 578. The van der Waals surface area contributed by atoms with Crippen molar-refractivity contribution in [3.63, 3.8) is 0 Å². The number of rotatable bonds is 4. The van der Waals surface area contributed by atoms with Crippen LogP contribution >= 0.6 is 0 Å². The summed E-state index contributed by atoms with van der Waals surface area (Å²) in [4.78, 5) is 9.85. The van der Waals surface area contributed by atoms with Crippen molar-refractivity contribution in [1.29, 1.82) is 0 Å². The van der Waals surface area contributed by atoms with Gasteiger partial charge in [-0.1, -0.05) is 0 Å². The Hall–Kier alpha value is -2.24. The zero-order valence-electron chi connectivity index (χ0n) is 10.6. The van der Waals surface area contributed by atoms with E-state index in [9.17, 15) is 8.78 Å². The van der Waals surface area contributed by atoms with Gasteiger partial charge in [0.2, 0.25) is 5.88 Å². The molecule has 1 aromatic carbocycles. The van der Waals surface area contributed by atoms with E-state index in [0.717, 1.165) is 18.7 Å². The van der Waals surface area contributed by atoms with E-state index in [0.29, 0.717) is 5.82 Å². The largest absolute Gasteiger partial charge is 0.436 e. The molecule has 0 spiro atoms. The molecule has 0 fully saturated rings. The standard InChI is InChI=1S/C13H13F2N3O/c1-3-18(2)12-7-13(17-8-16-12)19-11-5-4-9(14)6-10(11)15/h4-8H,3H2,1-2H3. The maximum atomic E-state index is 13.4. The van der Waals surface area contributed by atoms with Gasteiger partial charge < -0.3 is 9.64 Å². The van der Waals surface area contributed by atoms with E-state index < -0.39 is 11.6 Å². The third kappa shape index (κ3) is 3.15. The van der Waals surface area contributed by atoms with E-state index in [1.807, 2.05) is 18.9 Å². The Labute approximate surface area is 109 Å². The summed E-state index contributed by atoms with van der Waals surface area (Å²) in [6, 6.07) is 4.69. The van der Waals surface area contributed by atoms with Crippen molar-refractivity contribution < 1.29 is 13.5 Å². The summed E-state index contributed by atoms with van der Waals surface area (Å²) < 4.78 is 31.5. The second kappa shape index (κ2) is 5.60. The lowest BCUT2D eigenvalue weighted by atomic mass is 10.3. The second-order valence-corrected chi connectivity index (χ2v) is 3.91. The number of anilines is 1. The SMILES string of the molecule is CCN(C)c1cc(Oc2ccc(F)cc2F)ncn1. The summed E-state index contributed by atoms with van der Waals surface area (Å²) in [5.74, 6) is -0.640. The number of benzene rings is 1. The van der Waals surface area contributed by atoms with Crippen LogP contribution in [0.2, 0.25) is 0 Å². The van der Waals surface area contributed by atoms with Gasteiger partial charge in [0, 0.05) is 25.7 Å². The highest BCUT2D eigenvalue weighted by Gasteiger charge is 2.09. The molecule has 2 rings (SSSR count). The van der Waals surface area contributed by atoms with E-state index in [1.165, 1.54) is 12.4 Å². The summed E-state index contributed by atoms with van der Waals surface area (Å²) in [5, 5.41) is 0. The fourth-order valence-electron chi connectivity index (χ4n) is 1.43. The Balaban J connectivity index is 2.23. The highest BCUT2D eigenvalue weighted by Crippen LogP contribution is 2.24. The zero-order valence-corrected chi connectivity index (χ0v) is 10.6. The minimum absolute atomic E-state index is 0.0785. The fourth-order valence-corrected chi connectivity index (χ4v) is 1.43. The quantitative estimate of drug-likeness (QED) is 0.851. The summed E-state index contributed by atoms with van der Waals surface area (Å²) in [6.45, 7) is 2.74. The van der Waals surface area contributed by atoms with Crippen LogP contribution in [0.1, 0.15) is 6.92 Å². The molecule has 0 aliphatic heterocycles. The molecule has 0 amide bonds. The molecule has 0 aliphatic carbocycles.